The van der Waals surface area contributed by atoms with Crippen LogP contribution in [-0.4, -0.2) is 60.6 Å². The van der Waals surface area contributed by atoms with Crippen LogP contribution in [0.5, 0.6) is 0 Å². The predicted octanol–water partition coefficient (Wildman–Crippen LogP) is 12.8. The molecule has 0 N–H and O–H groups in total. The van der Waals surface area contributed by atoms with Crippen molar-refractivity contribution < 1.29 is 19.2 Å². The van der Waals surface area contributed by atoms with Gasteiger partial charge in [0.25, 0.3) is 23.6 Å². The molecule has 0 atom stereocenters. The molecule has 8 rings (SSSR count). The number of amides is 4. The summed E-state index contributed by atoms with van der Waals surface area (Å²) in [4.78, 5) is 58.2. The zero-order valence-electron chi connectivity index (χ0n) is 39.5. The third-order valence-corrected chi connectivity index (χ3v) is 13.1. The zero-order chi connectivity index (χ0) is 47.2. The molecule has 0 fully saturated rings. The Morgan fingerprint density at radius 3 is 1.51 bits per heavy atom. The van der Waals surface area contributed by atoms with Crippen LogP contribution in [0.3, 0.4) is 0 Å². The van der Waals surface area contributed by atoms with Crippen LogP contribution in [0.4, 0.5) is 22.7 Å². The normalized spacial score (nSPS) is 13.5. The van der Waals surface area contributed by atoms with E-state index in [2.05, 4.69) is 147 Å². The maximum Gasteiger partial charge on any atom is 0.261 e. The molecule has 0 unspecified atom stereocenters. The Morgan fingerprint density at radius 1 is 0.522 bits per heavy atom. The molecule has 67 heavy (non-hydrogen) atoms. The number of benzene rings is 6. The fourth-order valence-electron chi connectivity index (χ4n) is 9.20. The van der Waals surface area contributed by atoms with Crippen molar-refractivity contribution in [3.05, 3.63) is 213 Å². The van der Waals surface area contributed by atoms with Gasteiger partial charge >= 0.3 is 0 Å². The quantitative estimate of drug-likeness (QED) is 0.0486. The maximum absolute atomic E-state index is 13.1. The van der Waals surface area contributed by atoms with E-state index in [9.17, 15) is 19.2 Å². The minimum atomic E-state index is -0.288. The molecule has 2 aliphatic rings. The van der Waals surface area contributed by atoms with Gasteiger partial charge in [0.05, 0.1) is 39.3 Å². The Balaban J connectivity index is 1.19. The number of carbonyl (C=O) groups is 4. The van der Waals surface area contributed by atoms with Crippen LogP contribution >= 0.6 is 0 Å². The highest BCUT2D eigenvalue weighted by Crippen LogP contribution is 2.39. The average Bonchev–Trinajstić information content (AvgIpc) is 3.71. The highest BCUT2D eigenvalue weighted by molar-refractivity contribution is 6.22. The molecule has 8 heteroatoms. The summed E-state index contributed by atoms with van der Waals surface area (Å²) >= 11 is 0. The van der Waals surface area contributed by atoms with Crippen LogP contribution < -0.4 is 9.80 Å². The van der Waals surface area contributed by atoms with E-state index >= 15 is 0 Å². The van der Waals surface area contributed by atoms with E-state index < -0.39 is 0 Å². The van der Waals surface area contributed by atoms with Crippen molar-refractivity contribution in [3.63, 3.8) is 0 Å². The highest BCUT2D eigenvalue weighted by atomic mass is 16.2. The van der Waals surface area contributed by atoms with Crippen molar-refractivity contribution in [1.82, 2.24) is 9.80 Å². The minimum Gasteiger partial charge on any atom is -0.342 e. The summed E-state index contributed by atoms with van der Waals surface area (Å²) in [6.45, 7) is 9.91. The fourth-order valence-corrected chi connectivity index (χ4v) is 9.20. The van der Waals surface area contributed by atoms with Crippen LogP contribution in [-0.2, 0) is 12.8 Å². The summed E-state index contributed by atoms with van der Waals surface area (Å²) < 4.78 is 0. The molecule has 0 saturated carbocycles. The molecular weight excluding hydrogens is 829 g/mol. The van der Waals surface area contributed by atoms with Crippen LogP contribution in [0.15, 0.2) is 152 Å². The number of para-hydroxylation sites is 1. The molecule has 6 aromatic rings. The van der Waals surface area contributed by atoms with Gasteiger partial charge in [0.1, 0.15) is 5.69 Å². The number of rotatable bonds is 18. The van der Waals surface area contributed by atoms with Crippen molar-refractivity contribution >= 4 is 52.0 Å². The lowest BCUT2D eigenvalue weighted by atomic mass is 9.88. The van der Waals surface area contributed by atoms with Crippen LogP contribution in [0.1, 0.15) is 128 Å². The number of aryl methyl sites for hydroxylation is 2. The molecule has 0 saturated heterocycles. The zero-order valence-corrected chi connectivity index (χ0v) is 39.5. The second kappa shape index (κ2) is 20.4. The van der Waals surface area contributed by atoms with Gasteiger partial charge in [-0.25, -0.2) is 0 Å². The number of fused-ring (bicyclic) bond motifs is 2. The molecule has 6 aromatic carbocycles. The van der Waals surface area contributed by atoms with Gasteiger partial charge in [-0.2, -0.15) is 0 Å². The Morgan fingerprint density at radius 2 is 0.985 bits per heavy atom. The Labute approximate surface area is 395 Å². The largest absolute Gasteiger partial charge is 0.342 e. The van der Waals surface area contributed by atoms with E-state index in [0.717, 1.165) is 95.0 Å². The molecule has 0 radical (unpaired) electrons. The van der Waals surface area contributed by atoms with Gasteiger partial charge in [-0.05, 0) is 177 Å². The third kappa shape index (κ3) is 9.34. The first-order valence-electron chi connectivity index (χ1n) is 23.7. The summed E-state index contributed by atoms with van der Waals surface area (Å²) in [5.74, 6) is -0.0777. The molecule has 8 nitrogen and oxygen atoms in total. The lowest BCUT2D eigenvalue weighted by Gasteiger charge is -2.25. The van der Waals surface area contributed by atoms with E-state index in [4.69, 9.17) is 0 Å². The number of hydrogen-bond donors (Lipinski definition) is 0. The molecule has 2 aliphatic heterocycles. The van der Waals surface area contributed by atoms with E-state index in [1.54, 1.807) is 12.1 Å². The van der Waals surface area contributed by atoms with Crippen molar-refractivity contribution in [3.8, 4) is 0 Å². The average molecular weight is 888 g/mol. The van der Waals surface area contributed by atoms with Gasteiger partial charge in [0.2, 0.25) is 0 Å². The maximum atomic E-state index is 13.1. The van der Waals surface area contributed by atoms with Crippen LogP contribution in [0.2, 0.25) is 0 Å². The standard InChI is InChI=1S/C59H59N4O4/c1-7-11-16-40-22-26-42(27-23-40)48(43-30-32-45(33-31-43)62(9-3)46-34-36-51-53(38-46)58(66)60(5)56(51)64)19-15-20-49(44-28-24-41(25-29-44)17-12-8-2)50-18-13-14-21-55(50)63(10-4)47-35-37-52-54(39-47)59(67)61(6)57(52)65/h13-15,18-39H,7-12,16-17H2,1-6H3/q+1. The molecule has 0 bridgehead atoms. The van der Waals surface area contributed by atoms with Gasteiger partial charge in [-0.1, -0.05) is 63.1 Å². The molecule has 0 spiro atoms. The first-order valence-corrected chi connectivity index (χ1v) is 23.7. The van der Waals surface area contributed by atoms with Gasteiger partial charge < -0.3 is 9.80 Å². The third-order valence-electron chi connectivity index (χ3n) is 13.1. The van der Waals surface area contributed by atoms with Gasteiger partial charge in [-0.15, -0.1) is 0 Å². The van der Waals surface area contributed by atoms with Crippen LogP contribution in [0.25, 0.3) is 5.57 Å². The molecule has 338 valence electrons. The first-order chi connectivity index (χ1) is 32.6. The van der Waals surface area contributed by atoms with Crippen molar-refractivity contribution in [2.24, 2.45) is 0 Å². The van der Waals surface area contributed by atoms with E-state index in [-0.39, 0.29) is 23.6 Å². The Bertz CT molecular complexity index is 2860. The number of allylic oxidation sites excluding steroid dienone is 3. The predicted molar refractivity (Wildman–Crippen MR) is 272 cm³/mol. The molecular formula is C59H59N4O4+. The van der Waals surface area contributed by atoms with Crippen molar-refractivity contribution in [2.75, 3.05) is 37.0 Å². The number of unbranched alkanes of at least 4 members (excludes halogenated alkanes) is 2. The first kappa shape index (κ1) is 46.1. The summed E-state index contributed by atoms with van der Waals surface area (Å²) in [5, 5.41) is 0. The van der Waals surface area contributed by atoms with Gasteiger partial charge in [-0.3, -0.25) is 29.0 Å². The van der Waals surface area contributed by atoms with E-state index in [1.807, 2.05) is 30.3 Å². The number of carbonyl (C=O) groups excluding carboxylic acids is 4. The summed E-state index contributed by atoms with van der Waals surface area (Å²) in [6.07, 6.45) is 13.2. The number of nitrogens with zero attached hydrogens (tertiary/aromatic N) is 4. The topological polar surface area (TPSA) is 81.2 Å². The lowest BCUT2D eigenvalue weighted by Crippen LogP contribution is -2.24. The number of anilines is 4. The smallest absolute Gasteiger partial charge is 0.261 e. The minimum absolute atomic E-state index is 0.274. The molecule has 0 aromatic heterocycles. The Kier molecular flexibility index (Phi) is 14.0. The fraction of sp³-hybridized carbons (Fsp3) is 0.237. The second-order valence-corrected chi connectivity index (χ2v) is 17.3. The molecule has 0 aliphatic carbocycles. The van der Waals surface area contributed by atoms with Crippen molar-refractivity contribution in [2.45, 2.75) is 66.2 Å². The summed E-state index contributed by atoms with van der Waals surface area (Å²) in [7, 11) is 3.05. The number of imide groups is 2. The van der Waals surface area contributed by atoms with Crippen LogP contribution in [0, 0.1) is 5.92 Å². The highest BCUT2D eigenvalue weighted by Gasteiger charge is 2.35. The van der Waals surface area contributed by atoms with Gasteiger partial charge in [0.15, 0.2) is 0 Å². The summed E-state index contributed by atoms with van der Waals surface area (Å²) in [6, 6.07) is 45.8. The second-order valence-electron chi connectivity index (χ2n) is 17.3. The SMILES string of the molecule is CCCCc1ccc(C(=CC=C[C+](c2ccc(CCCC)cc2)c2ccccc2N(CC)c2ccc3c(c2)C(=O)N(C)C3=O)c2ccc(N(CC)c3ccc4c(c3)C(=O)N(C)C4=O)cc2)cc1. The van der Waals surface area contributed by atoms with Crippen molar-refractivity contribution in [1.29, 1.82) is 0 Å². The molecule has 2 heterocycles. The van der Waals surface area contributed by atoms with Gasteiger partial charge in [0, 0.05) is 50.3 Å². The number of hydrogen-bond acceptors (Lipinski definition) is 6. The monoisotopic (exact) mass is 887 g/mol. The van der Waals surface area contributed by atoms with E-state index in [1.165, 1.54) is 35.0 Å². The Hall–Kier alpha value is -7.45. The summed E-state index contributed by atoms with van der Waals surface area (Å²) in [5.41, 5.74) is 13.3. The molecule has 4 amide bonds. The van der Waals surface area contributed by atoms with E-state index in [0.29, 0.717) is 35.3 Å². The lowest BCUT2D eigenvalue weighted by molar-refractivity contribution is 0.0678.